The summed E-state index contributed by atoms with van der Waals surface area (Å²) >= 11 is 0. The van der Waals surface area contributed by atoms with E-state index in [9.17, 15) is 9.59 Å². The Kier molecular flexibility index (Phi) is 6.21. The van der Waals surface area contributed by atoms with Crippen LogP contribution in [0.2, 0.25) is 0 Å². The normalized spacial score (nSPS) is 13.5. The highest BCUT2D eigenvalue weighted by atomic mass is 16.4. The lowest BCUT2D eigenvalue weighted by molar-refractivity contribution is -0.140. The van der Waals surface area contributed by atoms with Crippen LogP contribution in [-0.2, 0) is 9.59 Å². The highest BCUT2D eigenvalue weighted by molar-refractivity contribution is 5.78. The smallest absolute Gasteiger partial charge is 0.305 e. The molecule has 21 heavy (non-hydrogen) atoms. The molecule has 1 aromatic carbocycles. The molecule has 0 aliphatic heterocycles. The maximum atomic E-state index is 12.4. The van der Waals surface area contributed by atoms with Crippen LogP contribution in [0.1, 0.15) is 45.1 Å². The van der Waals surface area contributed by atoms with Crippen LogP contribution in [0.4, 0.5) is 5.69 Å². The topological polar surface area (TPSA) is 83.6 Å². The summed E-state index contributed by atoms with van der Waals surface area (Å²) in [6, 6.07) is 7.19. The predicted molar refractivity (Wildman–Crippen MR) is 83.0 cm³/mol. The van der Waals surface area contributed by atoms with E-state index in [4.69, 9.17) is 10.8 Å². The molecule has 1 rings (SSSR count). The molecule has 0 fully saturated rings. The lowest BCUT2D eigenvalue weighted by Gasteiger charge is -2.28. The number of rotatable bonds is 7. The van der Waals surface area contributed by atoms with Crippen LogP contribution in [0.5, 0.6) is 0 Å². The molecule has 0 saturated heterocycles. The third-order valence-electron chi connectivity index (χ3n) is 3.65. The number of nitrogens with two attached hydrogens (primary N) is 1. The van der Waals surface area contributed by atoms with Crippen molar-refractivity contribution in [2.24, 2.45) is 0 Å². The van der Waals surface area contributed by atoms with E-state index in [-0.39, 0.29) is 24.3 Å². The first-order valence-electron chi connectivity index (χ1n) is 7.21. The molecule has 0 radical (unpaired) electrons. The van der Waals surface area contributed by atoms with Gasteiger partial charge in [0, 0.05) is 24.7 Å². The zero-order chi connectivity index (χ0) is 16.0. The monoisotopic (exact) mass is 292 g/mol. The first-order valence-corrected chi connectivity index (χ1v) is 7.21. The number of carbonyl (C=O) groups excluding carboxylic acids is 1. The van der Waals surface area contributed by atoms with Crippen LogP contribution < -0.4 is 5.73 Å². The van der Waals surface area contributed by atoms with Gasteiger partial charge in [0.05, 0.1) is 6.42 Å². The van der Waals surface area contributed by atoms with E-state index < -0.39 is 5.97 Å². The fourth-order valence-corrected chi connectivity index (χ4v) is 2.42. The lowest BCUT2D eigenvalue weighted by Crippen LogP contribution is -2.40. The second kappa shape index (κ2) is 7.67. The van der Waals surface area contributed by atoms with E-state index in [2.05, 4.69) is 0 Å². The van der Waals surface area contributed by atoms with Gasteiger partial charge in [0.25, 0.3) is 0 Å². The zero-order valence-electron chi connectivity index (χ0n) is 12.9. The van der Waals surface area contributed by atoms with Crippen molar-refractivity contribution in [3.63, 3.8) is 0 Å². The van der Waals surface area contributed by atoms with E-state index in [1.54, 1.807) is 11.8 Å². The molecule has 2 atom stereocenters. The maximum Gasteiger partial charge on any atom is 0.305 e. The second-order valence-corrected chi connectivity index (χ2v) is 5.40. The molecule has 0 heterocycles. The van der Waals surface area contributed by atoms with Gasteiger partial charge in [-0.1, -0.05) is 19.1 Å². The minimum atomic E-state index is -0.889. The highest BCUT2D eigenvalue weighted by Gasteiger charge is 2.22. The minimum Gasteiger partial charge on any atom is -0.481 e. The molecule has 0 aliphatic carbocycles. The first-order chi connectivity index (χ1) is 9.85. The van der Waals surface area contributed by atoms with Crippen LogP contribution in [0, 0.1) is 0 Å². The van der Waals surface area contributed by atoms with Crippen LogP contribution in [0.25, 0.3) is 0 Å². The number of hydrogen-bond donors (Lipinski definition) is 2. The Hall–Kier alpha value is -2.04. The average molecular weight is 292 g/mol. The number of nitrogens with zero attached hydrogens (tertiary/aromatic N) is 1. The molecule has 0 spiro atoms. The van der Waals surface area contributed by atoms with Crippen LogP contribution in [-0.4, -0.2) is 34.5 Å². The average Bonchev–Trinajstić information content (AvgIpc) is 2.39. The number of anilines is 1. The minimum absolute atomic E-state index is 0.0180. The van der Waals surface area contributed by atoms with Crippen molar-refractivity contribution in [2.75, 3.05) is 12.3 Å². The van der Waals surface area contributed by atoms with Crippen LogP contribution in [0.3, 0.4) is 0 Å². The number of carboxylic acid groups (broad SMARTS) is 1. The molecule has 0 bridgehead atoms. The number of carboxylic acids is 1. The number of carbonyl (C=O) groups is 2. The Bertz CT molecular complexity index is 485. The molecule has 0 aromatic heterocycles. The molecule has 5 heteroatoms. The number of hydrogen-bond acceptors (Lipinski definition) is 3. The van der Waals surface area contributed by atoms with E-state index in [1.807, 2.05) is 38.1 Å². The third kappa shape index (κ3) is 5.10. The Morgan fingerprint density at radius 2 is 1.76 bits per heavy atom. The second-order valence-electron chi connectivity index (χ2n) is 5.40. The van der Waals surface area contributed by atoms with Crippen molar-refractivity contribution in [2.45, 2.75) is 45.6 Å². The Balaban J connectivity index is 2.68. The summed E-state index contributed by atoms with van der Waals surface area (Å²) in [6.07, 6.45) is 0.331. The van der Waals surface area contributed by atoms with Gasteiger partial charge < -0.3 is 15.7 Å². The summed E-state index contributed by atoms with van der Waals surface area (Å²) in [6.45, 7) is 6.13. The standard InChI is InChI=1S/C16H24N2O3/c1-4-18(12(3)10-16(20)21)15(19)9-11(2)13-5-7-14(17)8-6-13/h5-8,11-12H,4,9-10,17H2,1-3H3,(H,20,21). The summed E-state index contributed by atoms with van der Waals surface area (Å²) in [5, 5.41) is 8.85. The largest absolute Gasteiger partial charge is 0.481 e. The molecule has 116 valence electrons. The van der Waals surface area contributed by atoms with Gasteiger partial charge in [0.1, 0.15) is 0 Å². The maximum absolute atomic E-state index is 12.4. The van der Waals surface area contributed by atoms with Gasteiger partial charge in [-0.25, -0.2) is 0 Å². The van der Waals surface area contributed by atoms with E-state index >= 15 is 0 Å². The highest BCUT2D eigenvalue weighted by Crippen LogP contribution is 2.22. The van der Waals surface area contributed by atoms with Gasteiger partial charge >= 0.3 is 5.97 Å². The Morgan fingerprint density at radius 3 is 2.24 bits per heavy atom. The van der Waals surface area contributed by atoms with Gasteiger partial charge in [-0.2, -0.15) is 0 Å². The fourth-order valence-electron chi connectivity index (χ4n) is 2.42. The summed E-state index contributed by atoms with van der Waals surface area (Å²) < 4.78 is 0. The Labute approximate surface area is 125 Å². The van der Waals surface area contributed by atoms with E-state index in [0.717, 1.165) is 5.56 Å². The molecule has 2 unspecified atom stereocenters. The van der Waals surface area contributed by atoms with Crippen LogP contribution >= 0.6 is 0 Å². The van der Waals surface area contributed by atoms with Crippen molar-refractivity contribution < 1.29 is 14.7 Å². The predicted octanol–water partition coefficient (Wildman–Crippen LogP) is 2.47. The van der Waals surface area contributed by atoms with Crippen molar-refractivity contribution in [3.8, 4) is 0 Å². The molecule has 1 aromatic rings. The molecule has 3 N–H and O–H groups in total. The molecule has 5 nitrogen and oxygen atoms in total. The van der Waals surface area contributed by atoms with Gasteiger partial charge in [-0.15, -0.1) is 0 Å². The molecular weight excluding hydrogens is 268 g/mol. The lowest BCUT2D eigenvalue weighted by atomic mass is 9.96. The number of aliphatic carboxylic acids is 1. The van der Waals surface area contributed by atoms with Crippen LogP contribution in [0.15, 0.2) is 24.3 Å². The van der Waals surface area contributed by atoms with Crippen molar-refractivity contribution >= 4 is 17.6 Å². The third-order valence-corrected chi connectivity index (χ3v) is 3.65. The van der Waals surface area contributed by atoms with Crippen molar-refractivity contribution in [3.05, 3.63) is 29.8 Å². The summed E-state index contributed by atoms with van der Waals surface area (Å²) in [5.74, 6) is -0.833. The van der Waals surface area contributed by atoms with Crippen molar-refractivity contribution in [1.82, 2.24) is 4.90 Å². The van der Waals surface area contributed by atoms with E-state index in [0.29, 0.717) is 18.7 Å². The molecule has 0 aliphatic rings. The first kappa shape index (κ1) is 17.0. The fraction of sp³-hybridized carbons (Fsp3) is 0.500. The van der Waals surface area contributed by atoms with Gasteiger partial charge in [-0.3, -0.25) is 9.59 Å². The SMILES string of the molecule is CCN(C(=O)CC(C)c1ccc(N)cc1)C(C)CC(=O)O. The molecule has 1 amide bonds. The summed E-state index contributed by atoms with van der Waals surface area (Å²) in [4.78, 5) is 24.8. The Morgan fingerprint density at radius 1 is 1.19 bits per heavy atom. The quantitative estimate of drug-likeness (QED) is 0.756. The summed E-state index contributed by atoms with van der Waals surface area (Å²) in [7, 11) is 0. The molecular formula is C16H24N2O3. The van der Waals surface area contributed by atoms with E-state index in [1.165, 1.54) is 0 Å². The van der Waals surface area contributed by atoms with Gasteiger partial charge in [0.2, 0.25) is 5.91 Å². The van der Waals surface area contributed by atoms with Gasteiger partial charge in [-0.05, 0) is 37.5 Å². The number of benzene rings is 1. The van der Waals surface area contributed by atoms with Crippen molar-refractivity contribution in [1.29, 1.82) is 0 Å². The number of amides is 1. The zero-order valence-corrected chi connectivity index (χ0v) is 12.9. The number of nitrogen functional groups attached to an aromatic ring is 1. The van der Waals surface area contributed by atoms with Gasteiger partial charge in [0.15, 0.2) is 0 Å². The summed E-state index contributed by atoms with van der Waals surface area (Å²) in [5.41, 5.74) is 7.41. The molecule has 0 saturated carbocycles.